The Morgan fingerprint density at radius 2 is 0.788 bits per heavy atom. The molecule has 0 aliphatic rings. The molecule has 0 saturated heterocycles. The second-order valence-electron chi connectivity index (χ2n) is 6.94. The first-order chi connectivity index (χ1) is 15.7. The van der Waals surface area contributed by atoms with Gasteiger partial charge in [0.2, 0.25) is 0 Å². The molecule has 2 nitrogen and oxygen atoms in total. The zero-order valence-corrected chi connectivity index (χ0v) is 27.0. The Hall–Kier alpha value is -1.20. The van der Waals surface area contributed by atoms with Gasteiger partial charge in [0.15, 0.2) is 0 Å². The van der Waals surface area contributed by atoms with E-state index in [1.807, 2.05) is 30.3 Å². The Bertz CT molecular complexity index is 822. The van der Waals surface area contributed by atoms with Gasteiger partial charge in [-0.2, -0.15) is 18.2 Å². The van der Waals surface area contributed by atoms with Crippen LogP contribution in [-0.2, 0) is 30.4 Å². The van der Waals surface area contributed by atoms with Crippen molar-refractivity contribution in [1.29, 1.82) is 0 Å². The molecular formula is C28H30MoO2SbSn-. The average Bonchev–Trinajstić information content (AvgIpc) is 3.44. The van der Waals surface area contributed by atoms with E-state index in [1.165, 1.54) is 10.5 Å². The molecule has 170 valence electrons. The van der Waals surface area contributed by atoms with E-state index in [9.17, 15) is 0 Å². The molecule has 0 aliphatic carbocycles. The summed E-state index contributed by atoms with van der Waals surface area (Å²) in [7, 11) is 0. The molecule has 0 amide bonds. The summed E-state index contributed by atoms with van der Waals surface area (Å²) in [6.07, 6.45) is 0. The van der Waals surface area contributed by atoms with Crippen LogP contribution in [0.5, 0.6) is 0 Å². The van der Waals surface area contributed by atoms with Crippen LogP contribution in [-0.4, -0.2) is 40.0 Å². The van der Waals surface area contributed by atoms with Gasteiger partial charge in [0, 0.05) is 21.1 Å². The van der Waals surface area contributed by atoms with Gasteiger partial charge in [-0.05, 0) is 0 Å². The summed E-state index contributed by atoms with van der Waals surface area (Å²) >= 11 is -2.52. The SMILES string of the molecule is [C-]#[O+].[C-]#[O+].[CH3][Sn]([CH3])[CH3].[Mo].c1cc[cH-]c1.c1cc[c]([SbH]([c]2ccccc2)[c]2ccccc2)cc1. The van der Waals surface area contributed by atoms with Crippen molar-refractivity contribution in [3.8, 4) is 0 Å². The molecule has 4 aromatic carbocycles. The Kier molecular flexibility index (Phi) is 24.6. The number of hydrogen-bond donors (Lipinski definition) is 0. The molecule has 0 heterocycles. The van der Waals surface area contributed by atoms with Gasteiger partial charge < -0.3 is 0 Å². The molecule has 0 N–H and O–H groups in total. The summed E-state index contributed by atoms with van der Waals surface area (Å²) in [5.74, 6) is 0. The first-order valence-electron chi connectivity index (χ1n) is 10.1. The third-order valence-corrected chi connectivity index (χ3v) is 11.5. The van der Waals surface area contributed by atoms with Crippen LogP contribution in [0, 0.1) is 13.3 Å². The predicted molar refractivity (Wildman–Crippen MR) is 139 cm³/mol. The quantitative estimate of drug-likeness (QED) is 0.168. The minimum atomic E-state index is -1.98. The molecule has 0 atom stereocenters. The van der Waals surface area contributed by atoms with Gasteiger partial charge in [-0.15, -0.1) is 0 Å². The molecule has 5 heteroatoms. The van der Waals surface area contributed by atoms with E-state index in [2.05, 4.69) is 119 Å². The van der Waals surface area contributed by atoms with E-state index in [1.54, 1.807) is 0 Å². The Morgan fingerprint density at radius 3 is 0.970 bits per heavy atom. The van der Waals surface area contributed by atoms with Crippen LogP contribution in [0.3, 0.4) is 0 Å². The zero-order valence-electron chi connectivity index (χ0n) is 19.3. The number of benzene rings is 3. The third kappa shape index (κ3) is 16.1. The van der Waals surface area contributed by atoms with Crippen LogP contribution >= 0.6 is 0 Å². The minimum absolute atomic E-state index is 0. The van der Waals surface area contributed by atoms with Crippen molar-refractivity contribution in [2.24, 2.45) is 0 Å². The second-order valence-corrected chi connectivity index (χ2v) is 22.6. The third-order valence-electron chi connectivity index (χ3n) is 3.74. The topological polar surface area (TPSA) is 39.8 Å². The summed E-state index contributed by atoms with van der Waals surface area (Å²) in [4.78, 5) is 7.09. The normalized spacial score (nSPS) is 8.52. The molecule has 4 aromatic rings. The molecule has 0 aliphatic heterocycles. The fraction of sp³-hybridized carbons (Fsp3) is 0.107. The van der Waals surface area contributed by atoms with Crippen LogP contribution in [0.1, 0.15) is 0 Å². The fourth-order valence-corrected chi connectivity index (χ4v) is 9.99. The standard InChI is InChI=1S/3C6H5.C5H5.2CO.3CH3.Mo.Sb.Sn.H/c3*1-2-4-6-5-3-1;1-2-4-5-3-1;2*1-2;;;;;;;/h3*1-5H;1-5H;;;3*1H3;;;;/q;;;-1;;;;;;;;;. The summed E-state index contributed by atoms with van der Waals surface area (Å²) in [5.41, 5.74) is 0. The van der Waals surface area contributed by atoms with Crippen molar-refractivity contribution in [3.63, 3.8) is 0 Å². The summed E-state index contributed by atoms with van der Waals surface area (Å²) < 4.78 is 19.6. The van der Waals surface area contributed by atoms with E-state index in [-0.39, 0.29) is 21.1 Å². The molecule has 2 radical (unpaired) electrons. The Labute approximate surface area is 228 Å². The van der Waals surface area contributed by atoms with Crippen molar-refractivity contribution in [3.05, 3.63) is 135 Å². The maximum absolute atomic E-state index is 7.50. The van der Waals surface area contributed by atoms with Crippen LogP contribution in [0.2, 0.25) is 14.8 Å². The van der Waals surface area contributed by atoms with Crippen molar-refractivity contribution < 1.29 is 30.4 Å². The van der Waals surface area contributed by atoms with E-state index < -0.39 is 40.0 Å². The molecule has 0 aromatic heterocycles. The van der Waals surface area contributed by atoms with Gasteiger partial charge in [0.1, 0.15) is 0 Å². The zero-order chi connectivity index (χ0) is 24.0. The monoisotopic (exact) mass is 737 g/mol. The molecule has 0 bridgehead atoms. The molecule has 0 spiro atoms. The van der Waals surface area contributed by atoms with E-state index in [4.69, 9.17) is 9.30 Å². The molecule has 33 heavy (non-hydrogen) atoms. The van der Waals surface area contributed by atoms with Crippen LogP contribution in [0.4, 0.5) is 0 Å². The van der Waals surface area contributed by atoms with Crippen LogP contribution < -0.4 is 10.5 Å². The van der Waals surface area contributed by atoms with Crippen molar-refractivity contribution in [2.75, 3.05) is 0 Å². The second kappa shape index (κ2) is 23.9. The van der Waals surface area contributed by atoms with Crippen molar-refractivity contribution >= 4 is 50.5 Å². The molecule has 0 fully saturated rings. The van der Waals surface area contributed by atoms with E-state index in [0.29, 0.717) is 0 Å². The first-order valence-corrected chi connectivity index (χ1v) is 22.9. The number of hydrogen-bond acceptors (Lipinski definition) is 0. The van der Waals surface area contributed by atoms with Gasteiger partial charge in [-0.3, -0.25) is 0 Å². The van der Waals surface area contributed by atoms with Gasteiger partial charge in [-0.25, -0.2) is 12.1 Å². The van der Waals surface area contributed by atoms with Gasteiger partial charge in [-0.1, -0.05) is 0 Å². The van der Waals surface area contributed by atoms with Crippen molar-refractivity contribution in [2.45, 2.75) is 14.8 Å². The predicted octanol–water partition coefficient (Wildman–Crippen LogP) is 4.63. The molecule has 0 saturated carbocycles. The Balaban J connectivity index is 0. The van der Waals surface area contributed by atoms with Gasteiger partial charge in [0.05, 0.1) is 0 Å². The van der Waals surface area contributed by atoms with Crippen LogP contribution in [0.15, 0.2) is 121 Å². The fourth-order valence-electron chi connectivity index (χ4n) is 2.64. The molecular weight excluding hydrogens is 705 g/mol. The summed E-state index contributed by atoms with van der Waals surface area (Å²) in [6, 6.07) is 42.9. The van der Waals surface area contributed by atoms with E-state index in [0.717, 1.165) is 0 Å². The van der Waals surface area contributed by atoms with Crippen LogP contribution in [0.25, 0.3) is 0 Å². The maximum atomic E-state index is 7.50. The first kappa shape index (κ1) is 34.0. The average molecular weight is 735 g/mol. The number of rotatable bonds is 3. The van der Waals surface area contributed by atoms with Gasteiger partial charge in [0.25, 0.3) is 0 Å². The summed E-state index contributed by atoms with van der Waals surface area (Å²) in [5, 5.41) is 0. The molecule has 0 unspecified atom stereocenters. The van der Waals surface area contributed by atoms with Gasteiger partial charge >= 0.3 is 179 Å². The van der Waals surface area contributed by atoms with E-state index >= 15 is 0 Å². The molecule has 4 rings (SSSR count). The Morgan fingerprint density at radius 1 is 0.545 bits per heavy atom. The van der Waals surface area contributed by atoms with Crippen molar-refractivity contribution in [1.82, 2.24) is 0 Å². The summed E-state index contributed by atoms with van der Waals surface area (Å²) in [6.45, 7) is 9.00.